The van der Waals surface area contributed by atoms with Crippen molar-refractivity contribution < 1.29 is 9.94 Å². The van der Waals surface area contributed by atoms with Gasteiger partial charge in [0.25, 0.3) is 5.62 Å². The molecule has 0 bridgehead atoms. The third-order valence-electron chi connectivity index (χ3n) is 1.74. The lowest BCUT2D eigenvalue weighted by molar-refractivity contribution is 0.149. The fraction of sp³-hybridized carbons (Fsp3) is 0.600. The van der Waals surface area contributed by atoms with E-state index < -0.39 is 0 Å². The van der Waals surface area contributed by atoms with Crippen molar-refractivity contribution in [2.24, 2.45) is 5.41 Å². The molecule has 0 radical (unpaired) electrons. The largest absolute Gasteiger partial charge is 0.477 e. The molecule has 0 fully saturated rings. The Labute approximate surface area is 88.8 Å². The summed E-state index contributed by atoms with van der Waals surface area (Å²) < 4.78 is 6.14. The third kappa shape index (κ3) is 3.27. The molecular formula is C10H17N3O2. The van der Waals surface area contributed by atoms with E-state index in [1.807, 2.05) is 0 Å². The van der Waals surface area contributed by atoms with E-state index >= 15 is 0 Å². The Morgan fingerprint density at radius 2 is 2.13 bits per heavy atom. The van der Waals surface area contributed by atoms with Crippen molar-refractivity contribution in [2.75, 3.05) is 6.61 Å². The summed E-state index contributed by atoms with van der Waals surface area (Å²) in [5.74, 6) is 0.373. The first-order chi connectivity index (χ1) is 6.79. The normalized spacial score (nSPS) is 11.5. The van der Waals surface area contributed by atoms with Crippen molar-refractivity contribution in [1.82, 2.24) is 9.71 Å². The van der Waals surface area contributed by atoms with E-state index in [0.717, 1.165) is 0 Å². The maximum atomic E-state index is 9.27. The van der Waals surface area contributed by atoms with E-state index in [0.29, 0.717) is 22.9 Å². The highest BCUT2D eigenvalue weighted by molar-refractivity contribution is 5.12. The summed E-state index contributed by atoms with van der Waals surface area (Å²) in [5.41, 5.74) is 0.348. The zero-order chi connectivity index (χ0) is 11.6. The fourth-order valence-electron chi connectivity index (χ4n) is 0.955. The molecule has 2 N–H and O–H groups in total. The van der Waals surface area contributed by atoms with Crippen molar-refractivity contribution in [2.45, 2.75) is 27.7 Å². The Hall–Kier alpha value is -1.52. The number of nitrogens with one attached hydrogen (secondary N) is 1. The average Bonchev–Trinajstić information content (AvgIpc) is 2.09. The van der Waals surface area contributed by atoms with E-state index in [9.17, 15) is 5.21 Å². The first-order valence-electron chi connectivity index (χ1n) is 4.77. The van der Waals surface area contributed by atoms with Crippen LogP contribution in [0.5, 0.6) is 5.88 Å². The maximum absolute atomic E-state index is 9.27. The predicted molar refractivity (Wildman–Crippen MR) is 55.0 cm³/mol. The Kier molecular flexibility index (Phi) is 3.02. The molecule has 1 aromatic rings. The van der Waals surface area contributed by atoms with Crippen LogP contribution < -0.4 is 10.4 Å². The lowest BCUT2D eigenvalue weighted by Gasteiger charge is -2.18. The van der Waals surface area contributed by atoms with Crippen LogP contribution in [0.15, 0.2) is 6.07 Å². The van der Waals surface area contributed by atoms with Gasteiger partial charge in [-0.3, -0.25) is 5.41 Å². The molecule has 1 heterocycles. The van der Waals surface area contributed by atoms with Crippen LogP contribution in [0.3, 0.4) is 0 Å². The number of ether oxygens (including phenoxy) is 1. The molecular weight excluding hydrogens is 194 g/mol. The first kappa shape index (κ1) is 11.6. The third-order valence-corrected chi connectivity index (χ3v) is 1.74. The van der Waals surface area contributed by atoms with Crippen LogP contribution in [0.25, 0.3) is 0 Å². The maximum Gasteiger partial charge on any atom is 0.258 e. The molecule has 0 aliphatic carbocycles. The minimum Gasteiger partial charge on any atom is -0.477 e. The molecule has 0 saturated carbocycles. The van der Waals surface area contributed by atoms with Crippen molar-refractivity contribution in [3.8, 4) is 5.88 Å². The zero-order valence-electron chi connectivity index (χ0n) is 9.53. The smallest absolute Gasteiger partial charge is 0.258 e. The minimum absolute atomic E-state index is 0.0444. The van der Waals surface area contributed by atoms with E-state index in [1.54, 1.807) is 13.0 Å². The number of rotatable bonds is 2. The molecule has 0 aliphatic rings. The van der Waals surface area contributed by atoms with Gasteiger partial charge in [-0.2, -0.15) is 9.71 Å². The van der Waals surface area contributed by atoms with Crippen LogP contribution in [0.4, 0.5) is 0 Å². The zero-order valence-corrected chi connectivity index (χ0v) is 9.53. The van der Waals surface area contributed by atoms with Gasteiger partial charge in [0, 0.05) is 6.07 Å². The molecule has 15 heavy (non-hydrogen) atoms. The molecule has 1 aromatic heterocycles. The van der Waals surface area contributed by atoms with Crippen LogP contribution in [0.1, 0.15) is 26.5 Å². The fourth-order valence-corrected chi connectivity index (χ4v) is 0.955. The summed E-state index contributed by atoms with van der Waals surface area (Å²) in [7, 11) is 0. The molecule has 0 aliphatic heterocycles. The summed E-state index contributed by atoms with van der Waals surface area (Å²) in [4.78, 5) is 3.79. The summed E-state index contributed by atoms with van der Waals surface area (Å²) in [5, 5.41) is 16.6. The van der Waals surface area contributed by atoms with E-state index in [1.165, 1.54) is 0 Å². The molecule has 1 rings (SSSR count). The second kappa shape index (κ2) is 3.92. The Morgan fingerprint density at radius 3 is 2.60 bits per heavy atom. The molecule has 5 heteroatoms. The highest BCUT2D eigenvalue weighted by Gasteiger charge is 2.12. The van der Waals surface area contributed by atoms with Gasteiger partial charge in [0.2, 0.25) is 5.88 Å². The van der Waals surface area contributed by atoms with Gasteiger partial charge in [-0.25, -0.2) is 0 Å². The van der Waals surface area contributed by atoms with Crippen LogP contribution in [0, 0.1) is 17.7 Å². The summed E-state index contributed by atoms with van der Waals surface area (Å²) >= 11 is 0. The van der Waals surface area contributed by atoms with Gasteiger partial charge >= 0.3 is 0 Å². The van der Waals surface area contributed by atoms with Gasteiger partial charge in [-0.15, -0.1) is 0 Å². The number of aromatic nitrogens is 2. The first-order valence-corrected chi connectivity index (χ1v) is 4.77. The molecule has 0 unspecified atom stereocenters. The molecule has 0 spiro atoms. The quantitative estimate of drug-likeness (QED) is 0.725. The van der Waals surface area contributed by atoms with E-state index in [-0.39, 0.29) is 11.0 Å². The van der Waals surface area contributed by atoms with E-state index in [4.69, 9.17) is 10.1 Å². The lowest BCUT2D eigenvalue weighted by Crippen LogP contribution is -2.25. The SMILES string of the molecule is Cc1cc(OCC(C)(C)C)nc(=N)n1O. The minimum atomic E-state index is -0.223. The van der Waals surface area contributed by atoms with Crippen LogP contribution in [-0.2, 0) is 0 Å². The molecule has 0 atom stereocenters. The van der Waals surface area contributed by atoms with Gasteiger partial charge in [-0.1, -0.05) is 20.8 Å². The van der Waals surface area contributed by atoms with Crippen LogP contribution >= 0.6 is 0 Å². The monoisotopic (exact) mass is 211 g/mol. The molecule has 0 amide bonds. The highest BCUT2D eigenvalue weighted by atomic mass is 16.5. The van der Waals surface area contributed by atoms with Crippen LogP contribution in [0.2, 0.25) is 0 Å². The van der Waals surface area contributed by atoms with Gasteiger partial charge in [-0.05, 0) is 12.3 Å². The standard InChI is InChI=1S/C10H17N3O2/c1-7-5-8(12-9(11)13(7)14)15-6-10(2,3)4/h5,11,14H,6H2,1-4H3. The van der Waals surface area contributed by atoms with Crippen molar-refractivity contribution in [3.05, 3.63) is 17.4 Å². The molecule has 5 nitrogen and oxygen atoms in total. The highest BCUT2D eigenvalue weighted by Crippen LogP contribution is 2.15. The molecule has 0 aromatic carbocycles. The Bertz CT molecular complexity index is 404. The second-order valence-corrected chi connectivity index (χ2v) is 4.72. The van der Waals surface area contributed by atoms with Crippen molar-refractivity contribution >= 4 is 0 Å². The Morgan fingerprint density at radius 1 is 1.53 bits per heavy atom. The predicted octanol–water partition coefficient (Wildman–Crippen LogP) is 1.33. The Balaban J connectivity index is 2.84. The number of aryl methyl sites for hydroxylation is 1. The number of hydrogen-bond donors (Lipinski definition) is 2. The van der Waals surface area contributed by atoms with Gasteiger partial charge in [0.05, 0.1) is 12.3 Å². The molecule has 0 saturated heterocycles. The van der Waals surface area contributed by atoms with Crippen molar-refractivity contribution in [1.29, 1.82) is 5.41 Å². The number of hydrogen-bond acceptors (Lipinski definition) is 4. The summed E-state index contributed by atoms with van der Waals surface area (Å²) in [6.07, 6.45) is 0. The van der Waals surface area contributed by atoms with E-state index in [2.05, 4.69) is 25.8 Å². The molecule has 84 valence electrons. The lowest BCUT2D eigenvalue weighted by atomic mass is 9.99. The summed E-state index contributed by atoms with van der Waals surface area (Å²) in [6, 6.07) is 1.60. The summed E-state index contributed by atoms with van der Waals surface area (Å²) in [6.45, 7) is 8.36. The number of nitrogens with zero attached hydrogens (tertiary/aromatic N) is 2. The van der Waals surface area contributed by atoms with Gasteiger partial charge in [0.1, 0.15) is 0 Å². The van der Waals surface area contributed by atoms with Gasteiger partial charge in [0.15, 0.2) is 0 Å². The topological polar surface area (TPSA) is 71.1 Å². The average molecular weight is 211 g/mol. The second-order valence-electron chi connectivity index (χ2n) is 4.72. The van der Waals surface area contributed by atoms with Gasteiger partial charge < -0.3 is 9.94 Å². The van der Waals surface area contributed by atoms with Crippen LogP contribution in [-0.4, -0.2) is 21.5 Å². The van der Waals surface area contributed by atoms with Crippen molar-refractivity contribution in [3.63, 3.8) is 0 Å².